The molecule has 0 radical (unpaired) electrons. The Morgan fingerprint density at radius 3 is 1.60 bits per heavy atom. The molecule has 2 aliphatic heterocycles. The molecule has 60 heavy (non-hydrogen) atoms. The number of likely N-dealkylation sites (tertiary alicyclic amines) is 2. The van der Waals surface area contributed by atoms with Crippen LogP contribution in [0.2, 0.25) is 0 Å². The third-order valence-electron chi connectivity index (χ3n) is 11.1. The lowest BCUT2D eigenvalue weighted by atomic mass is 10.0. The Kier molecular flexibility index (Phi) is 13.5. The van der Waals surface area contributed by atoms with Gasteiger partial charge in [-0.3, -0.25) is 9.59 Å². The number of carbonyl (C=O) groups is 4. The molecule has 16 nitrogen and oxygen atoms in total. The van der Waals surface area contributed by atoms with Crippen molar-refractivity contribution in [1.29, 1.82) is 0 Å². The maximum Gasteiger partial charge on any atom is 0.435 e. The zero-order chi connectivity index (χ0) is 43.3. The van der Waals surface area contributed by atoms with Crippen molar-refractivity contribution in [1.82, 2.24) is 40.4 Å². The van der Waals surface area contributed by atoms with Crippen molar-refractivity contribution in [3.63, 3.8) is 0 Å². The Morgan fingerprint density at radius 1 is 0.700 bits per heavy atom. The van der Waals surface area contributed by atoms with Crippen molar-refractivity contribution in [3.05, 3.63) is 72.1 Å². The number of H-pyrrole nitrogens is 2. The van der Waals surface area contributed by atoms with Gasteiger partial charge in [0.15, 0.2) is 5.69 Å². The molecule has 4 aromatic rings. The molecule has 4 heterocycles. The van der Waals surface area contributed by atoms with Crippen molar-refractivity contribution in [2.24, 2.45) is 0 Å². The molecule has 6 atom stereocenters. The van der Waals surface area contributed by atoms with Gasteiger partial charge in [0.2, 0.25) is 11.8 Å². The van der Waals surface area contributed by atoms with E-state index in [1.54, 1.807) is 49.2 Å². The van der Waals surface area contributed by atoms with E-state index in [0.717, 1.165) is 35.9 Å². The van der Waals surface area contributed by atoms with Gasteiger partial charge in [-0.15, -0.1) is 0 Å². The number of aromatic amines is 2. The van der Waals surface area contributed by atoms with Gasteiger partial charge < -0.3 is 49.3 Å². The molecule has 2 aliphatic rings. The number of amides is 4. The first-order valence-electron chi connectivity index (χ1n) is 19.5. The molecular formula is C41H49F3N8O8. The minimum atomic E-state index is -4.80. The zero-order valence-electron chi connectivity index (χ0n) is 34.1. The van der Waals surface area contributed by atoms with E-state index >= 15 is 0 Å². The Bertz CT molecular complexity index is 2140. The van der Waals surface area contributed by atoms with Gasteiger partial charge in [-0.25, -0.2) is 19.6 Å². The molecule has 0 saturated carbocycles. The molecular weight excluding hydrogens is 789 g/mol. The number of alkyl carbamates (subject to hydrolysis) is 2. The summed E-state index contributed by atoms with van der Waals surface area (Å²) in [5.41, 5.74) is 2.05. The number of methoxy groups -OCH3 is 4. The van der Waals surface area contributed by atoms with Crippen LogP contribution in [0.5, 0.6) is 0 Å². The van der Waals surface area contributed by atoms with Gasteiger partial charge in [-0.2, -0.15) is 13.2 Å². The highest BCUT2D eigenvalue weighted by molar-refractivity contribution is 5.87. The summed E-state index contributed by atoms with van der Waals surface area (Å²) < 4.78 is 63.4. The second kappa shape index (κ2) is 18.5. The van der Waals surface area contributed by atoms with E-state index in [1.165, 1.54) is 26.2 Å². The number of hydrogen-bond acceptors (Lipinski definition) is 10. The third kappa shape index (κ3) is 9.26. The molecule has 4 N–H and O–H groups in total. The fourth-order valence-electron chi connectivity index (χ4n) is 7.68. The Morgan fingerprint density at radius 2 is 1.15 bits per heavy atom. The van der Waals surface area contributed by atoms with Crippen LogP contribution in [0.4, 0.5) is 22.8 Å². The van der Waals surface area contributed by atoms with E-state index in [2.05, 4.69) is 35.3 Å². The standard InChI is InChI=1S/C41H49F3N8O8/c1-22(57-3)31(48-39(55)59-5)37(53)51-19-7-9-29(51)35-45-21-28(46-35)26-15-11-24(12-16-26)25-13-17-27(18-14-25)33-34(41(42,43)44)50-36(47-33)30-10-8-20-52(30)38(54)32(23(2)58-4)49-40(56)60-6/h11-18,21-23,29-32H,7-10,19-20H2,1-6H3,(H,45,46)(H,47,50)(H,48,55)(H,49,56)/t22-,23-,29+,30+,31+,32+/m1/s1. The van der Waals surface area contributed by atoms with Gasteiger partial charge in [0.05, 0.1) is 56.1 Å². The Hall–Kier alpha value is -5.95. The predicted molar refractivity (Wildman–Crippen MR) is 211 cm³/mol. The Balaban J connectivity index is 1.18. The van der Waals surface area contributed by atoms with Gasteiger partial charge in [-0.1, -0.05) is 48.5 Å². The van der Waals surface area contributed by atoms with Crippen LogP contribution in [-0.4, -0.2) is 120 Å². The molecule has 2 aromatic carbocycles. The monoisotopic (exact) mass is 838 g/mol. The van der Waals surface area contributed by atoms with E-state index < -0.39 is 60.3 Å². The number of rotatable bonds is 13. The van der Waals surface area contributed by atoms with Gasteiger partial charge >= 0.3 is 18.4 Å². The summed E-state index contributed by atoms with van der Waals surface area (Å²) in [6.07, 6.45) is -3.74. The summed E-state index contributed by atoms with van der Waals surface area (Å²) in [6, 6.07) is 10.9. The summed E-state index contributed by atoms with van der Waals surface area (Å²) in [5, 5.41) is 5.05. The summed E-state index contributed by atoms with van der Waals surface area (Å²) in [4.78, 5) is 69.2. The largest absolute Gasteiger partial charge is 0.453 e. The van der Waals surface area contributed by atoms with E-state index in [-0.39, 0.29) is 35.6 Å². The Labute approximate surface area is 344 Å². The van der Waals surface area contributed by atoms with Crippen molar-refractivity contribution in [2.75, 3.05) is 41.5 Å². The van der Waals surface area contributed by atoms with Gasteiger partial charge in [0.1, 0.15) is 23.7 Å². The average molecular weight is 839 g/mol. The van der Waals surface area contributed by atoms with E-state index in [0.29, 0.717) is 31.6 Å². The molecule has 0 spiro atoms. The highest BCUT2D eigenvalue weighted by Gasteiger charge is 2.43. The molecule has 6 rings (SSSR count). The van der Waals surface area contributed by atoms with Crippen LogP contribution in [0, 0.1) is 0 Å². The van der Waals surface area contributed by atoms with Gasteiger partial charge in [0.25, 0.3) is 0 Å². The van der Waals surface area contributed by atoms with E-state index in [4.69, 9.17) is 14.2 Å². The number of alkyl halides is 3. The quantitative estimate of drug-likeness (QED) is 0.124. The number of nitrogens with zero attached hydrogens (tertiary/aromatic N) is 4. The fraction of sp³-hybridized carbons (Fsp3) is 0.463. The smallest absolute Gasteiger partial charge is 0.435 e. The van der Waals surface area contributed by atoms with E-state index in [1.807, 2.05) is 24.3 Å². The number of benzene rings is 2. The lowest BCUT2D eigenvalue weighted by Gasteiger charge is -2.30. The number of ether oxygens (including phenoxy) is 4. The highest BCUT2D eigenvalue weighted by atomic mass is 19.4. The first-order chi connectivity index (χ1) is 28.7. The first-order valence-corrected chi connectivity index (χ1v) is 19.5. The third-order valence-corrected chi connectivity index (χ3v) is 11.1. The van der Waals surface area contributed by atoms with Crippen LogP contribution >= 0.6 is 0 Å². The van der Waals surface area contributed by atoms with Crippen LogP contribution in [-0.2, 0) is 34.7 Å². The maximum atomic E-state index is 14.5. The second-order valence-electron chi connectivity index (χ2n) is 14.7. The van der Waals surface area contributed by atoms with Crippen LogP contribution in [0.15, 0.2) is 54.7 Å². The molecule has 0 unspecified atom stereocenters. The first kappa shape index (κ1) is 43.6. The summed E-state index contributed by atoms with van der Waals surface area (Å²) in [5.74, 6) is -0.250. The zero-order valence-corrected chi connectivity index (χ0v) is 34.1. The molecule has 0 aliphatic carbocycles. The number of hydrogen-bond donors (Lipinski definition) is 4. The van der Waals surface area contributed by atoms with Crippen LogP contribution in [0.25, 0.3) is 33.6 Å². The average Bonchev–Trinajstić information content (AvgIpc) is 4.10. The summed E-state index contributed by atoms with van der Waals surface area (Å²) >= 11 is 0. The van der Waals surface area contributed by atoms with E-state index in [9.17, 15) is 32.3 Å². The summed E-state index contributed by atoms with van der Waals surface area (Å²) in [7, 11) is 5.22. The molecule has 2 saturated heterocycles. The highest BCUT2D eigenvalue weighted by Crippen LogP contribution is 2.40. The fourth-order valence-corrected chi connectivity index (χ4v) is 7.68. The normalized spacial score (nSPS) is 18.8. The lowest BCUT2D eigenvalue weighted by Crippen LogP contribution is -2.54. The van der Waals surface area contributed by atoms with Gasteiger partial charge in [-0.05, 0) is 56.2 Å². The molecule has 4 amide bonds. The van der Waals surface area contributed by atoms with Crippen molar-refractivity contribution in [2.45, 2.75) is 82.1 Å². The minimum Gasteiger partial charge on any atom is -0.453 e. The minimum absolute atomic E-state index is 0.0145. The van der Waals surface area contributed by atoms with Crippen LogP contribution in [0.3, 0.4) is 0 Å². The molecule has 2 aromatic heterocycles. The topological polar surface area (TPSA) is 193 Å². The number of carbonyl (C=O) groups excluding carboxylic acids is 4. The number of aromatic nitrogens is 4. The molecule has 322 valence electrons. The van der Waals surface area contributed by atoms with Crippen LogP contribution < -0.4 is 10.6 Å². The van der Waals surface area contributed by atoms with Crippen LogP contribution in [0.1, 0.15) is 69.0 Å². The SMILES string of the molecule is COC(=O)N[C@H](C(=O)N1CCC[C@H]1c1ncc(-c2ccc(-c3ccc(-c4[nH]c([C@@H]5CCCN5C(=O)[C@@H](NC(=O)OC)[C@@H](C)OC)nc4C(F)(F)F)cc3)cc2)[nH]1)[C@@H](C)OC. The van der Waals surface area contributed by atoms with Crippen molar-refractivity contribution < 1.29 is 51.3 Å². The van der Waals surface area contributed by atoms with Crippen molar-refractivity contribution in [3.8, 4) is 33.6 Å². The van der Waals surface area contributed by atoms with Gasteiger partial charge in [0, 0.05) is 32.9 Å². The number of imidazole rings is 2. The number of halogens is 3. The van der Waals surface area contributed by atoms with Crippen molar-refractivity contribution >= 4 is 24.0 Å². The lowest BCUT2D eigenvalue weighted by molar-refractivity contribution is -0.140. The predicted octanol–water partition coefficient (Wildman–Crippen LogP) is 6.00. The summed E-state index contributed by atoms with van der Waals surface area (Å²) in [6.45, 7) is 4.01. The number of nitrogens with one attached hydrogen (secondary N) is 4. The second-order valence-corrected chi connectivity index (χ2v) is 14.7. The maximum absolute atomic E-state index is 14.5. The molecule has 0 bridgehead atoms. The molecule has 19 heteroatoms. The molecule has 2 fully saturated rings.